The smallest absolute Gasteiger partial charge is 0.323 e. The number of rotatable bonds is 7. The van der Waals surface area contributed by atoms with Gasteiger partial charge in [0.25, 0.3) is 5.91 Å². The second kappa shape index (κ2) is 16.9. The number of aliphatic hydroxyl groups is 1. The Morgan fingerprint density at radius 3 is 2.08 bits per heavy atom. The highest BCUT2D eigenvalue weighted by Gasteiger charge is 2.31. The van der Waals surface area contributed by atoms with Crippen LogP contribution in [0.1, 0.15) is 50.4 Å². The van der Waals surface area contributed by atoms with Crippen molar-refractivity contribution in [1.82, 2.24) is 9.80 Å². The zero-order valence-electron chi connectivity index (χ0n) is 30.4. The summed E-state index contributed by atoms with van der Waals surface area (Å²) in [5, 5.41) is 18.8. The molecule has 15 nitrogen and oxygen atoms in total. The summed E-state index contributed by atoms with van der Waals surface area (Å²) in [5.41, 5.74) is 1.67. The summed E-state index contributed by atoms with van der Waals surface area (Å²) in [6.07, 6.45) is 1.64. The Balaban J connectivity index is 1.19. The highest BCUT2D eigenvalue weighted by Crippen LogP contribution is 2.35. The zero-order valence-corrected chi connectivity index (χ0v) is 30.4. The van der Waals surface area contributed by atoms with Gasteiger partial charge in [-0.3, -0.25) is 4.79 Å². The van der Waals surface area contributed by atoms with Crippen LogP contribution in [0.4, 0.5) is 26.7 Å². The minimum absolute atomic E-state index is 0.116. The lowest BCUT2D eigenvalue weighted by Gasteiger charge is -2.35. The lowest BCUT2D eigenvalue weighted by molar-refractivity contribution is -0.0115. The molecule has 0 aromatic heterocycles. The summed E-state index contributed by atoms with van der Waals surface area (Å²) in [4.78, 5) is 43.9. The predicted molar refractivity (Wildman–Crippen MR) is 196 cm³/mol. The molecule has 0 unspecified atom stereocenters. The molecular weight excluding hydrogens is 686 g/mol. The van der Waals surface area contributed by atoms with E-state index in [2.05, 4.69) is 16.0 Å². The highest BCUT2D eigenvalue weighted by atomic mass is 16.7. The summed E-state index contributed by atoms with van der Waals surface area (Å²) in [7, 11) is 1.69. The average molecular weight is 734 g/mol. The number of nitrogens with one attached hydrogen (secondary N) is 3. The molecule has 6 rings (SSSR count). The molecule has 284 valence electrons. The molecule has 4 atom stereocenters. The van der Waals surface area contributed by atoms with E-state index in [0.29, 0.717) is 58.8 Å². The van der Waals surface area contributed by atoms with Crippen LogP contribution in [0.5, 0.6) is 28.7 Å². The van der Waals surface area contributed by atoms with E-state index in [0.717, 1.165) is 12.8 Å². The molecule has 0 spiro atoms. The number of ether oxygens (including phenoxy) is 6. The van der Waals surface area contributed by atoms with Gasteiger partial charge in [-0.15, -0.1) is 0 Å². The molecule has 4 N–H and O–H groups in total. The van der Waals surface area contributed by atoms with Crippen molar-refractivity contribution in [3.8, 4) is 28.7 Å². The number of benzene rings is 3. The van der Waals surface area contributed by atoms with Crippen LogP contribution >= 0.6 is 0 Å². The molecule has 0 saturated carbocycles. The van der Waals surface area contributed by atoms with Gasteiger partial charge in [-0.2, -0.15) is 0 Å². The van der Waals surface area contributed by atoms with Crippen LogP contribution in [0.2, 0.25) is 0 Å². The van der Waals surface area contributed by atoms with Crippen LogP contribution in [0.15, 0.2) is 54.6 Å². The van der Waals surface area contributed by atoms with Crippen LogP contribution in [0.25, 0.3) is 0 Å². The number of anilines is 3. The molecule has 3 aromatic carbocycles. The molecule has 0 radical (unpaired) electrons. The van der Waals surface area contributed by atoms with E-state index in [1.807, 2.05) is 13.8 Å². The number of aliphatic hydroxyl groups excluding tert-OH is 1. The maximum Gasteiger partial charge on any atom is 0.323 e. The van der Waals surface area contributed by atoms with Gasteiger partial charge in [-0.05, 0) is 75.6 Å². The minimum atomic E-state index is -0.568. The van der Waals surface area contributed by atoms with E-state index >= 15 is 0 Å². The average Bonchev–Trinajstić information content (AvgIpc) is 3.82. The van der Waals surface area contributed by atoms with Gasteiger partial charge in [0, 0.05) is 61.9 Å². The van der Waals surface area contributed by atoms with Gasteiger partial charge in [0.05, 0.1) is 30.4 Å². The van der Waals surface area contributed by atoms with Crippen LogP contribution < -0.4 is 39.6 Å². The number of carbonyl (C=O) groups is 3. The first-order valence-electron chi connectivity index (χ1n) is 17.8. The van der Waals surface area contributed by atoms with Crippen molar-refractivity contribution in [1.29, 1.82) is 0 Å². The summed E-state index contributed by atoms with van der Waals surface area (Å²) in [5.74, 6) is 2.04. The number of nitrogens with zero attached hydrogens (tertiary/aromatic N) is 2. The third-order valence-corrected chi connectivity index (χ3v) is 9.36. The first kappa shape index (κ1) is 37.4. The number of hydrogen-bond donors (Lipinski definition) is 4. The molecule has 3 aliphatic rings. The monoisotopic (exact) mass is 733 g/mol. The number of hydrogen-bond acceptors (Lipinski definition) is 10. The third kappa shape index (κ3) is 9.34. The zero-order chi connectivity index (χ0) is 37.5. The van der Waals surface area contributed by atoms with E-state index in [9.17, 15) is 19.5 Å². The van der Waals surface area contributed by atoms with Crippen molar-refractivity contribution >= 4 is 35.0 Å². The van der Waals surface area contributed by atoms with Crippen molar-refractivity contribution in [2.45, 2.75) is 58.3 Å². The van der Waals surface area contributed by atoms with Gasteiger partial charge in [0.2, 0.25) is 13.6 Å². The van der Waals surface area contributed by atoms with Crippen LogP contribution in [0.3, 0.4) is 0 Å². The number of amides is 5. The molecule has 0 aliphatic carbocycles. The van der Waals surface area contributed by atoms with E-state index < -0.39 is 18.2 Å². The molecule has 3 aromatic rings. The predicted octanol–water partition coefficient (Wildman–Crippen LogP) is 5.75. The fourth-order valence-electron chi connectivity index (χ4n) is 6.28. The van der Waals surface area contributed by atoms with Gasteiger partial charge in [-0.1, -0.05) is 6.92 Å². The number of likely N-dealkylation sites (N-methyl/N-ethyl adjacent to an activating group) is 1. The minimum Gasteiger partial charge on any atom is -0.490 e. The summed E-state index contributed by atoms with van der Waals surface area (Å²) in [6, 6.07) is 13.8. The van der Waals surface area contributed by atoms with Crippen molar-refractivity contribution < 1.29 is 47.9 Å². The lowest BCUT2D eigenvalue weighted by Crippen LogP contribution is -2.48. The van der Waals surface area contributed by atoms with Gasteiger partial charge in [0.15, 0.2) is 23.0 Å². The molecule has 15 heteroatoms. The Bertz CT molecular complexity index is 1790. The fraction of sp³-hybridized carbons (Fsp3) is 0.447. The Kier molecular flexibility index (Phi) is 11.9. The van der Waals surface area contributed by atoms with E-state index in [-0.39, 0.29) is 62.8 Å². The van der Waals surface area contributed by atoms with Gasteiger partial charge >= 0.3 is 12.1 Å². The SMILES string of the molecule is C[C@@H]1CCCCO[C@@H](CN(C)C(=O)Nc2ccc3c(c2)OCO3)[C@H](C)CN([C@@H](C)CO)C(=O)c2cc(NC(=O)Nc3ccc4c(c3)OCO4)ccc2O1. The maximum atomic E-state index is 14.5. The Labute approximate surface area is 308 Å². The summed E-state index contributed by atoms with van der Waals surface area (Å²) in [6.45, 7) is 6.54. The largest absolute Gasteiger partial charge is 0.490 e. The van der Waals surface area contributed by atoms with Crippen molar-refractivity contribution in [3.63, 3.8) is 0 Å². The van der Waals surface area contributed by atoms with Crippen molar-refractivity contribution in [2.24, 2.45) is 5.92 Å². The lowest BCUT2D eigenvalue weighted by atomic mass is 10.0. The molecule has 0 bridgehead atoms. The third-order valence-electron chi connectivity index (χ3n) is 9.36. The second-order valence-corrected chi connectivity index (χ2v) is 13.5. The molecule has 3 heterocycles. The summed E-state index contributed by atoms with van der Waals surface area (Å²) >= 11 is 0. The second-order valence-electron chi connectivity index (χ2n) is 13.5. The molecule has 0 fully saturated rings. The van der Waals surface area contributed by atoms with E-state index in [1.54, 1.807) is 78.4 Å². The van der Waals surface area contributed by atoms with Crippen molar-refractivity contribution in [2.75, 3.05) is 62.9 Å². The van der Waals surface area contributed by atoms with Crippen LogP contribution in [0, 0.1) is 5.92 Å². The van der Waals surface area contributed by atoms with Gasteiger partial charge < -0.3 is 59.3 Å². The Morgan fingerprint density at radius 1 is 0.849 bits per heavy atom. The van der Waals surface area contributed by atoms with Crippen LogP contribution in [-0.4, -0.2) is 98.1 Å². The normalized spacial score (nSPS) is 20.4. The standard InChI is InChI=1S/C38H47N5O10/c1-23-18-43(24(2)20-44)36(45)29-15-26(39-37(46)40-27-9-12-31-33(16-27)51-21-49-31)8-11-30(29)53-25(3)7-5-6-14-48-35(23)19-42(4)38(47)41-28-10-13-32-34(17-28)52-22-50-32/h8-13,15-17,23-25,35,44H,5-7,14,18-22H2,1-4H3,(H,41,47)(H2,39,40,46)/t23-,24+,25-,35+/m1/s1. The summed E-state index contributed by atoms with van der Waals surface area (Å²) < 4.78 is 34.3. The van der Waals surface area contributed by atoms with E-state index in [1.165, 1.54) is 0 Å². The fourth-order valence-corrected chi connectivity index (χ4v) is 6.28. The molecule has 0 saturated heterocycles. The first-order valence-corrected chi connectivity index (χ1v) is 17.8. The number of carbonyl (C=O) groups excluding carboxylic acids is 3. The Morgan fingerprint density at radius 2 is 1.43 bits per heavy atom. The quantitative estimate of drug-likeness (QED) is 0.235. The first-order chi connectivity index (χ1) is 25.6. The molecule has 3 aliphatic heterocycles. The van der Waals surface area contributed by atoms with Gasteiger partial charge in [-0.25, -0.2) is 9.59 Å². The highest BCUT2D eigenvalue weighted by molar-refractivity contribution is 6.02. The topological polar surface area (TPSA) is 169 Å². The number of urea groups is 2. The number of fused-ring (bicyclic) bond motifs is 3. The van der Waals surface area contributed by atoms with Gasteiger partial charge in [0.1, 0.15) is 5.75 Å². The van der Waals surface area contributed by atoms with Crippen LogP contribution in [-0.2, 0) is 4.74 Å². The molecule has 53 heavy (non-hydrogen) atoms. The molecular formula is C38H47N5O10. The Hall–Kier alpha value is -5.41. The van der Waals surface area contributed by atoms with Crippen molar-refractivity contribution in [3.05, 3.63) is 60.2 Å². The van der Waals surface area contributed by atoms with E-state index in [4.69, 9.17) is 28.4 Å². The molecule has 5 amide bonds. The maximum absolute atomic E-state index is 14.5.